The Morgan fingerprint density at radius 3 is 2.48 bits per heavy atom. The second-order valence-electron chi connectivity index (χ2n) is 8.01. The summed E-state index contributed by atoms with van der Waals surface area (Å²) in [5.74, 6) is -1.37. The van der Waals surface area contributed by atoms with Crippen LogP contribution in [0.25, 0.3) is 0 Å². The predicted molar refractivity (Wildman–Crippen MR) is 108 cm³/mol. The third-order valence-electron chi connectivity index (χ3n) is 5.90. The van der Waals surface area contributed by atoms with Crippen molar-refractivity contribution in [2.45, 2.75) is 57.6 Å². The van der Waals surface area contributed by atoms with E-state index in [2.05, 4.69) is 23.1 Å². The lowest BCUT2D eigenvalue weighted by Crippen LogP contribution is -2.52. The van der Waals surface area contributed by atoms with Gasteiger partial charge in [0.2, 0.25) is 0 Å². The highest BCUT2D eigenvalue weighted by atomic mass is 19.1. The average Bonchev–Trinajstić information content (AvgIpc) is 2.98. The van der Waals surface area contributed by atoms with Crippen LogP contribution in [-0.2, 0) is 14.4 Å². The van der Waals surface area contributed by atoms with Gasteiger partial charge in [0.15, 0.2) is 6.10 Å². The van der Waals surface area contributed by atoms with Crippen LogP contribution in [0.5, 0.6) is 5.75 Å². The van der Waals surface area contributed by atoms with Crippen molar-refractivity contribution >= 4 is 23.8 Å². The molecule has 1 saturated carbocycles. The summed E-state index contributed by atoms with van der Waals surface area (Å²) in [4.78, 5) is 50.3. The van der Waals surface area contributed by atoms with Crippen LogP contribution in [0, 0.1) is 11.7 Å². The average molecular weight is 434 g/mol. The first kappa shape index (κ1) is 22.5. The second kappa shape index (κ2) is 9.32. The first-order valence-electron chi connectivity index (χ1n) is 10.4. The molecule has 5 amide bonds. The molecule has 2 aliphatic rings. The molecule has 1 atom stereocenters. The van der Waals surface area contributed by atoms with Gasteiger partial charge in [-0.2, -0.15) is 0 Å². The van der Waals surface area contributed by atoms with E-state index in [-0.39, 0.29) is 5.75 Å². The van der Waals surface area contributed by atoms with Gasteiger partial charge in [-0.05, 0) is 62.8 Å². The number of rotatable bonds is 6. The molecular weight excluding hydrogens is 407 g/mol. The summed E-state index contributed by atoms with van der Waals surface area (Å²) in [6.07, 6.45) is 2.88. The van der Waals surface area contributed by atoms with Crippen LogP contribution in [0.4, 0.5) is 9.18 Å². The van der Waals surface area contributed by atoms with Crippen molar-refractivity contribution in [1.29, 1.82) is 0 Å². The molecule has 1 aliphatic heterocycles. The number of benzene rings is 1. The van der Waals surface area contributed by atoms with Gasteiger partial charge in [0.1, 0.15) is 23.7 Å². The number of carbonyl (C=O) groups excluding carboxylic acids is 4. The number of amides is 5. The highest BCUT2D eigenvalue weighted by molar-refractivity contribution is 6.09. The zero-order chi connectivity index (χ0) is 22.6. The van der Waals surface area contributed by atoms with Crippen molar-refractivity contribution in [1.82, 2.24) is 21.1 Å². The van der Waals surface area contributed by atoms with E-state index in [1.807, 2.05) is 0 Å². The molecule has 9 nitrogen and oxygen atoms in total. The number of hydrazine groups is 1. The Labute approximate surface area is 179 Å². The maximum atomic E-state index is 12.9. The van der Waals surface area contributed by atoms with Crippen molar-refractivity contribution in [3.63, 3.8) is 0 Å². The van der Waals surface area contributed by atoms with Crippen molar-refractivity contribution in [2.24, 2.45) is 5.92 Å². The summed E-state index contributed by atoms with van der Waals surface area (Å²) >= 11 is 0. The summed E-state index contributed by atoms with van der Waals surface area (Å²) in [5, 5.41) is 2.76. The maximum Gasteiger partial charge on any atom is 0.325 e. The molecule has 168 valence electrons. The van der Waals surface area contributed by atoms with Gasteiger partial charge in [0, 0.05) is 0 Å². The summed E-state index contributed by atoms with van der Waals surface area (Å²) in [6, 6.07) is 4.54. The van der Waals surface area contributed by atoms with E-state index in [0.717, 1.165) is 24.2 Å². The van der Waals surface area contributed by atoms with E-state index < -0.39 is 47.8 Å². The molecule has 0 bridgehead atoms. The van der Waals surface area contributed by atoms with Crippen LogP contribution in [-0.4, -0.2) is 46.8 Å². The largest absolute Gasteiger partial charge is 0.481 e. The molecule has 3 N–H and O–H groups in total. The highest BCUT2D eigenvalue weighted by Crippen LogP contribution is 2.37. The lowest BCUT2D eigenvalue weighted by Gasteiger charge is -2.34. The zero-order valence-electron chi connectivity index (χ0n) is 17.6. The van der Waals surface area contributed by atoms with Gasteiger partial charge in [0.25, 0.3) is 17.7 Å². The quantitative estimate of drug-likeness (QED) is 0.465. The van der Waals surface area contributed by atoms with E-state index in [1.54, 1.807) is 0 Å². The molecule has 1 aliphatic carbocycles. The van der Waals surface area contributed by atoms with Crippen LogP contribution in [0.1, 0.15) is 46.0 Å². The van der Waals surface area contributed by atoms with Gasteiger partial charge in [0.05, 0.1) is 0 Å². The van der Waals surface area contributed by atoms with E-state index in [9.17, 15) is 23.6 Å². The van der Waals surface area contributed by atoms with E-state index in [1.165, 1.54) is 31.2 Å². The Balaban J connectivity index is 1.48. The van der Waals surface area contributed by atoms with Gasteiger partial charge in [-0.1, -0.05) is 13.3 Å². The van der Waals surface area contributed by atoms with Crippen molar-refractivity contribution < 1.29 is 28.3 Å². The molecular formula is C21H27FN4O5. The van der Waals surface area contributed by atoms with Gasteiger partial charge < -0.3 is 10.1 Å². The number of nitrogens with one attached hydrogen (secondary N) is 3. The summed E-state index contributed by atoms with van der Waals surface area (Å²) < 4.78 is 18.3. The molecule has 1 aromatic rings. The SMILES string of the molecule is CCC1CCC2(CC1)NC(=O)N(CC(=O)NNC(=O)[C@@H](C)Oc1ccc(F)cc1)C2=O. The van der Waals surface area contributed by atoms with Gasteiger partial charge in [-0.3, -0.25) is 30.1 Å². The Bertz CT molecular complexity index is 852. The molecule has 1 aromatic carbocycles. The topological polar surface area (TPSA) is 117 Å². The molecule has 0 aromatic heterocycles. The van der Waals surface area contributed by atoms with Crippen molar-refractivity contribution in [3.8, 4) is 5.75 Å². The number of imide groups is 1. The second-order valence-corrected chi connectivity index (χ2v) is 8.01. The number of hydrogen-bond donors (Lipinski definition) is 3. The molecule has 1 saturated heterocycles. The third-order valence-corrected chi connectivity index (χ3v) is 5.90. The number of nitrogens with zero attached hydrogens (tertiary/aromatic N) is 1. The molecule has 2 fully saturated rings. The molecule has 0 unspecified atom stereocenters. The molecule has 1 heterocycles. The molecule has 31 heavy (non-hydrogen) atoms. The first-order chi connectivity index (χ1) is 14.7. The fourth-order valence-corrected chi connectivity index (χ4v) is 3.92. The third kappa shape index (κ3) is 5.12. The molecule has 3 rings (SSSR count). The van der Waals surface area contributed by atoms with Crippen molar-refractivity contribution in [3.05, 3.63) is 30.1 Å². The van der Waals surface area contributed by atoms with Crippen LogP contribution >= 0.6 is 0 Å². The number of hydrogen-bond acceptors (Lipinski definition) is 5. The van der Waals surface area contributed by atoms with Crippen LogP contribution in [0.3, 0.4) is 0 Å². The number of carbonyl (C=O) groups is 4. The highest BCUT2D eigenvalue weighted by Gasteiger charge is 2.52. The minimum absolute atomic E-state index is 0.290. The first-order valence-corrected chi connectivity index (χ1v) is 10.4. The van der Waals surface area contributed by atoms with Gasteiger partial charge in [-0.15, -0.1) is 0 Å². The minimum atomic E-state index is -0.973. The monoisotopic (exact) mass is 434 g/mol. The Kier molecular flexibility index (Phi) is 6.77. The maximum absolute atomic E-state index is 12.9. The standard InChI is InChI=1S/C21H27FN4O5/c1-3-14-8-10-21(11-9-14)19(29)26(20(30)23-21)12-17(27)24-25-18(28)13(2)31-16-6-4-15(22)5-7-16/h4-7,13-14H,3,8-12H2,1-2H3,(H,23,30)(H,24,27)(H,25,28)/t13-,14?,21?/m1/s1. The Morgan fingerprint density at radius 1 is 1.23 bits per heavy atom. The fraction of sp³-hybridized carbons (Fsp3) is 0.524. The smallest absolute Gasteiger partial charge is 0.325 e. The zero-order valence-corrected chi connectivity index (χ0v) is 17.6. The molecule has 0 radical (unpaired) electrons. The molecule has 1 spiro atoms. The Hall–Kier alpha value is -3.17. The number of halogens is 1. The number of ether oxygens (including phenoxy) is 1. The fourth-order valence-electron chi connectivity index (χ4n) is 3.92. The van der Waals surface area contributed by atoms with Crippen LogP contribution < -0.4 is 20.9 Å². The predicted octanol–water partition coefficient (Wildman–Crippen LogP) is 1.63. The lowest BCUT2D eigenvalue weighted by atomic mass is 9.75. The lowest BCUT2D eigenvalue weighted by molar-refractivity contribution is -0.137. The van der Waals surface area contributed by atoms with E-state index in [4.69, 9.17) is 4.74 Å². The van der Waals surface area contributed by atoms with Crippen molar-refractivity contribution in [2.75, 3.05) is 6.54 Å². The Morgan fingerprint density at radius 2 is 1.87 bits per heavy atom. The van der Waals surface area contributed by atoms with E-state index >= 15 is 0 Å². The van der Waals surface area contributed by atoms with Gasteiger partial charge >= 0.3 is 6.03 Å². The molecule has 10 heteroatoms. The summed E-state index contributed by atoms with van der Waals surface area (Å²) in [5.41, 5.74) is 3.45. The van der Waals surface area contributed by atoms with Crippen LogP contribution in [0.15, 0.2) is 24.3 Å². The number of urea groups is 1. The normalized spacial score (nSPS) is 24.0. The van der Waals surface area contributed by atoms with Crippen LogP contribution in [0.2, 0.25) is 0 Å². The minimum Gasteiger partial charge on any atom is -0.481 e. The van der Waals surface area contributed by atoms with E-state index in [0.29, 0.717) is 18.8 Å². The summed E-state index contributed by atoms with van der Waals surface area (Å²) in [7, 11) is 0. The summed E-state index contributed by atoms with van der Waals surface area (Å²) in [6.45, 7) is 3.06. The van der Waals surface area contributed by atoms with Gasteiger partial charge in [-0.25, -0.2) is 9.18 Å².